The number of hydrogen-bond donors (Lipinski definition) is 0. The van der Waals surface area contributed by atoms with Crippen LogP contribution in [0.1, 0.15) is 35.8 Å². The molecule has 0 radical (unpaired) electrons. The SMILES string of the molecule is C[C@H]1C[C@@]2(CCN1Cc1ccc(OCC(=O)N3CCOCC3)cc1)OCCc1cc(Cl)sc12. The lowest BCUT2D eigenvalue weighted by atomic mass is 9.82. The first-order valence-corrected chi connectivity index (χ1v) is 13.0. The van der Waals surface area contributed by atoms with E-state index in [4.69, 9.17) is 25.8 Å². The van der Waals surface area contributed by atoms with Crippen LogP contribution in [0.15, 0.2) is 30.3 Å². The summed E-state index contributed by atoms with van der Waals surface area (Å²) < 4.78 is 18.3. The van der Waals surface area contributed by atoms with Crippen molar-refractivity contribution in [1.29, 1.82) is 0 Å². The second-order valence-corrected chi connectivity index (χ2v) is 10.9. The molecule has 2 aromatic rings. The number of fused-ring (bicyclic) bond motifs is 2. The fourth-order valence-corrected chi connectivity index (χ4v) is 6.67. The minimum absolute atomic E-state index is 0.0126. The van der Waals surface area contributed by atoms with Crippen LogP contribution in [-0.4, -0.2) is 67.8 Å². The van der Waals surface area contributed by atoms with Gasteiger partial charge in [-0.25, -0.2) is 0 Å². The number of morpholine rings is 1. The number of thiophene rings is 1. The number of carbonyl (C=O) groups is 1. The van der Waals surface area contributed by atoms with Gasteiger partial charge in [0.25, 0.3) is 5.91 Å². The first kappa shape index (κ1) is 23.1. The molecule has 1 aromatic carbocycles. The molecule has 0 saturated carbocycles. The van der Waals surface area contributed by atoms with Crippen molar-refractivity contribution in [1.82, 2.24) is 9.80 Å². The molecule has 8 heteroatoms. The Bertz CT molecular complexity index is 975. The number of nitrogens with zero attached hydrogens (tertiary/aromatic N) is 2. The van der Waals surface area contributed by atoms with E-state index in [1.807, 2.05) is 12.1 Å². The van der Waals surface area contributed by atoms with Gasteiger partial charge >= 0.3 is 0 Å². The van der Waals surface area contributed by atoms with Crippen LogP contribution in [0.5, 0.6) is 5.75 Å². The van der Waals surface area contributed by atoms with Crippen molar-refractivity contribution in [3.05, 3.63) is 50.7 Å². The molecule has 0 N–H and O–H groups in total. The van der Waals surface area contributed by atoms with Gasteiger partial charge in [0.1, 0.15) is 11.4 Å². The number of amides is 1. The lowest BCUT2D eigenvalue weighted by Crippen LogP contribution is -2.49. The van der Waals surface area contributed by atoms with E-state index >= 15 is 0 Å². The summed E-state index contributed by atoms with van der Waals surface area (Å²) >= 11 is 8.03. The predicted octanol–water partition coefficient (Wildman–Crippen LogP) is 4.09. The summed E-state index contributed by atoms with van der Waals surface area (Å²) in [6.45, 7) is 7.51. The lowest BCUT2D eigenvalue weighted by molar-refractivity contribution is -0.137. The molecule has 4 heterocycles. The molecule has 3 aliphatic rings. The average Bonchev–Trinajstić information content (AvgIpc) is 3.23. The molecule has 2 atom stereocenters. The molecule has 2 saturated heterocycles. The Morgan fingerprint density at radius 2 is 2.00 bits per heavy atom. The molecule has 0 unspecified atom stereocenters. The standard InChI is InChI=1S/C25H31ClN2O4S/c1-18-15-25(24-20(6-11-32-25)14-22(26)33-24)7-8-28(18)16-19-2-4-21(5-3-19)31-17-23(29)27-9-12-30-13-10-27/h2-5,14,18H,6-13,15-17H2,1H3/t18-,25+/m0/s1. The zero-order chi connectivity index (χ0) is 22.8. The van der Waals surface area contributed by atoms with E-state index < -0.39 is 0 Å². The Kier molecular flexibility index (Phi) is 6.95. The molecule has 5 rings (SSSR count). The van der Waals surface area contributed by atoms with E-state index in [-0.39, 0.29) is 18.1 Å². The van der Waals surface area contributed by atoms with Gasteiger partial charge in [-0.2, -0.15) is 0 Å². The summed E-state index contributed by atoms with van der Waals surface area (Å²) in [7, 11) is 0. The normalized spacial score (nSPS) is 25.8. The number of likely N-dealkylation sites (tertiary alicyclic amines) is 1. The summed E-state index contributed by atoms with van der Waals surface area (Å²) in [5.41, 5.74) is 2.44. The van der Waals surface area contributed by atoms with Gasteiger partial charge in [0.15, 0.2) is 6.61 Å². The van der Waals surface area contributed by atoms with Crippen LogP contribution in [-0.2, 0) is 32.8 Å². The fourth-order valence-electron chi connectivity index (χ4n) is 5.19. The molecule has 0 bridgehead atoms. The van der Waals surface area contributed by atoms with Gasteiger partial charge in [-0.05, 0) is 55.5 Å². The number of carbonyl (C=O) groups excluding carboxylic acids is 1. The van der Waals surface area contributed by atoms with Crippen LogP contribution in [0.3, 0.4) is 0 Å². The summed E-state index contributed by atoms with van der Waals surface area (Å²) in [6.07, 6.45) is 2.94. The molecule has 1 aromatic heterocycles. The lowest BCUT2D eigenvalue weighted by Gasteiger charge is -2.47. The summed E-state index contributed by atoms with van der Waals surface area (Å²) in [6, 6.07) is 10.7. The van der Waals surface area contributed by atoms with Gasteiger partial charge in [-0.3, -0.25) is 9.69 Å². The minimum atomic E-state index is -0.175. The number of piperidine rings is 1. The predicted molar refractivity (Wildman–Crippen MR) is 129 cm³/mol. The minimum Gasteiger partial charge on any atom is -0.484 e. The number of benzene rings is 1. The van der Waals surface area contributed by atoms with E-state index in [2.05, 4.69) is 30.0 Å². The van der Waals surface area contributed by atoms with E-state index in [1.54, 1.807) is 16.2 Å². The molecule has 1 spiro atoms. The smallest absolute Gasteiger partial charge is 0.260 e. The van der Waals surface area contributed by atoms with E-state index in [1.165, 1.54) is 16.0 Å². The zero-order valence-electron chi connectivity index (χ0n) is 19.1. The molecule has 6 nitrogen and oxygen atoms in total. The molecule has 1 amide bonds. The third-order valence-electron chi connectivity index (χ3n) is 7.03. The molecule has 0 aliphatic carbocycles. The van der Waals surface area contributed by atoms with E-state index in [0.29, 0.717) is 32.3 Å². The second kappa shape index (κ2) is 9.92. The molecular weight excluding hydrogens is 460 g/mol. The topological polar surface area (TPSA) is 51.2 Å². The number of ether oxygens (including phenoxy) is 3. The van der Waals surface area contributed by atoms with Crippen LogP contribution in [0, 0.1) is 0 Å². The van der Waals surface area contributed by atoms with Gasteiger partial charge in [0, 0.05) is 37.1 Å². The van der Waals surface area contributed by atoms with Gasteiger partial charge in [0.05, 0.1) is 24.2 Å². The Balaban J connectivity index is 1.15. The number of halogens is 1. The third kappa shape index (κ3) is 5.08. The molecule has 2 fully saturated rings. The second-order valence-electron chi connectivity index (χ2n) is 9.20. The Labute approximate surface area is 204 Å². The van der Waals surface area contributed by atoms with Gasteiger partial charge in [0.2, 0.25) is 0 Å². The first-order chi connectivity index (χ1) is 16.0. The molecule has 3 aliphatic heterocycles. The van der Waals surface area contributed by atoms with Gasteiger partial charge in [-0.15, -0.1) is 11.3 Å². The highest BCUT2D eigenvalue weighted by Gasteiger charge is 2.44. The van der Waals surface area contributed by atoms with E-state index in [9.17, 15) is 4.79 Å². The van der Waals surface area contributed by atoms with Crippen molar-refractivity contribution in [3.8, 4) is 5.75 Å². The van der Waals surface area contributed by atoms with Crippen molar-refractivity contribution in [2.24, 2.45) is 0 Å². The van der Waals surface area contributed by atoms with Crippen LogP contribution < -0.4 is 4.74 Å². The van der Waals surface area contributed by atoms with Crippen LogP contribution in [0.4, 0.5) is 0 Å². The van der Waals surface area contributed by atoms with Crippen LogP contribution in [0.25, 0.3) is 0 Å². The Morgan fingerprint density at radius 3 is 2.76 bits per heavy atom. The van der Waals surface area contributed by atoms with Gasteiger partial charge < -0.3 is 19.1 Å². The van der Waals surface area contributed by atoms with Crippen LogP contribution in [0.2, 0.25) is 4.34 Å². The summed E-state index contributed by atoms with van der Waals surface area (Å²) in [5, 5.41) is 0. The van der Waals surface area contributed by atoms with Crippen molar-refractivity contribution in [2.75, 3.05) is 46.1 Å². The van der Waals surface area contributed by atoms with Crippen molar-refractivity contribution >= 4 is 28.8 Å². The fraction of sp³-hybridized carbons (Fsp3) is 0.560. The Hall–Kier alpha value is -1.64. The number of rotatable bonds is 5. The maximum atomic E-state index is 12.3. The highest BCUT2D eigenvalue weighted by Crippen LogP contribution is 2.48. The average molecular weight is 491 g/mol. The maximum absolute atomic E-state index is 12.3. The van der Waals surface area contributed by atoms with Crippen molar-refractivity contribution in [3.63, 3.8) is 0 Å². The van der Waals surface area contributed by atoms with Gasteiger partial charge in [-0.1, -0.05) is 23.7 Å². The first-order valence-electron chi connectivity index (χ1n) is 11.8. The van der Waals surface area contributed by atoms with Crippen molar-refractivity contribution < 1.29 is 19.0 Å². The molecule has 178 valence electrons. The van der Waals surface area contributed by atoms with Crippen molar-refractivity contribution in [2.45, 2.75) is 44.4 Å². The Morgan fingerprint density at radius 1 is 1.21 bits per heavy atom. The monoisotopic (exact) mass is 490 g/mol. The molecular formula is C25H31ClN2O4S. The highest BCUT2D eigenvalue weighted by atomic mass is 35.5. The van der Waals surface area contributed by atoms with E-state index in [0.717, 1.165) is 49.0 Å². The quantitative estimate of drug-likeness (QED) is 0.631. The number of hydrogen-bond acceptors (Lipinski definition) is 6. The summed E-state index contributed by atoms with van der Waals surface area (Å²) in [5.74, 6) is 0.738. The highest BCUT2D eigenvalue weighted by molar-refractivity contribution is 7.16. The summed E-state index contributed by atoms with van der Waals surface area (Å²) in [4.78, 5) is 17.9. The molecule has 33 heavy (non-hydrogen) atoms. The third-order valence-corrected chi connectivity index (χ3v) is 8.52. The zero-order valence-corrected chi connectivity index (χ0v) is 20.6. The van der Waals surface area contributed by atoms with Crippen LogP contribution >= 0.6 is 22.9 Å². The largest absolute Gasteiger partial charge is 0.484 e. The maximum Gasteiger partial charge on any atom is 0.260 e.